The van der Waals surface area contributed by atoms with E-state index in [1.807, 2.05) is 37.3 Å². The van der Waals surface area contributed by atoms with E-state index < -0.39 is 9.84 Å². The minimum Gasteiger partial charge on any atom is -0.399 e. The topological polar surface area (TPSA) is 104 Å². The van der Waals surface area contributed by atoms with Crippen LogP contribution in [-0.2, 0) is 16.3 Å². The molecule has 0 spiro atoms. The Labute approximate surface area is 147 Å². The van der Waals surface area contributed by atoms with Crippen LogP contribution in [0.4, 0.5) is 11.5 Å². The van der Waals surface area contributed by atoms with Crippen molar-refractivity contribution in [3.8, 4) is 5.69 Å². The van der Waals surface area contributed by atoms with Crippen LogP contribution < -0.4 is 11.5 Å². The molecule has 130 valence electrons. The van der Waals surface area contributed by atoms with Gasteiger partial charge in [-0.3, -0.25) is 0 Å². The van der Waals surface area contributed by atoms with Gasteiger partial charge in [0.15, 0.2) is 0 Å². The Bertz CT molecular complexity index is 1020. The van der Waals surface area contributed by atoms with E-state index in [0.717, 1.165) is 0 Å². The summed E-state index contributed by atoms with van der Waals surface area (Å²) in [6.45, 7) is 3.54. The summed E-state index contributed by atoms with van der Waals surface area (Å²) in [6.07, 6.45) is 0.570. The van der Waals surface area contributed by atoms with Gasteiger partial charge >= 0.3 is 0 Å². The highest BCUT2D eigenvalue weighted by Gasteiger charge is 2.29. The van der Waals surface area contributed by atoms with E-state index >= 15 is 0 Å². The third-order valence-electron chi connectivity index (χ3n) is 4.07. The van der Waals surface area contributed by atoms with Crippen LogP contribution in [0.15, 0.2) is 58.3 Å². The van der Waals surface area contributed by atoms with Crippen LogP contribution in [0.3, 0.4) is 0 Å². The number of sulfone groups is 1. The molecule has 3 aromatic rings. The summed E-state index contributed by atoms with van der Waals surface area (Å²) in [7, 11) is -3.84. The molecule has 0 unspecified atom stereocenters. The van der Waals surface area contributed by atoms with Crippen LogP contribution in [0.1, 0.15) is 18.2 Å². The number of para-hydroxylation sites is 1. The highest BCUT2D eigenvalue weighted by Crippen LogP contribution is 2.33. The minimum atomic E-state index is -3.84. The lowest BCUT2D eigenvalue weighted by Gasteiger charge is -2.11. The molecule has 0 bridgehead atoms. The Kier molecular flexibility index (Phi) is 4.26. The minimum absolute atomic E-state index is 0.0247. The second-order valence-electron chi connectivity index (χ2n) is 5.77. The van der Waals surface area contributed by atoms with E-state index in [1.54, 1.807) is 19.1 Å². The average Bonchev–Trinajstić information content (AvgIpc) is 2.90. The zero-order chi connectivity index (χ0) is 18.2. The molecule has 2 aromatic carbocycles. The molecule has 6 nitrogen and oxygen atoms in total. The highest BCUT2D eigenvalue weighted by molar-refractivity contribution is 7.91. The van der Waals surface area contributed by atoms with Crippen LogP contribution in [0.25, 0.3) is 5.69 Å². The fourth-order valence-electron chi connectivity index (χ4n) is 2.85. The molecule has 0 atom stereocenters. The van der Waals surface area contributed by atoms with Gasteiger partial charge in [-0.1, -0.05) is 31.2 Å². The first kappa shape index (κ1) is 17.0. The number of nitrogens with zero attached hydrogens (tertiary/aromatic N) is 2. The molecule has 0 saturated carbocycles. The van der Waals surface area contributed by atoms with Crippen LogP contribution in [0.2, 0.25) is 0 Å². The monoisotopic (exact) mass is 356 g/mol. The van der Waals surface area contributed by atoms with Gasteiger partial charge in [-0.05, 0) is 43.2 Å². The summed E-state index contributed by atoms with van der Waals surface area (Å²) in [4.78, 5) is 0.203. The third-order valence-corrected chi connectivity index (χ3v) is 6.07. The SMILES string of the molecule is CCc1ccc(N)cc1S(=O)(=O)c1c(C)nn(-c2ccccc2)c1N. The molecule has 3 rings (SSSR count). The quantitative estimate of drug-likeness (QED) is 0.700. The highest BCUT2D eigenvalue weighted by atomic mass is 32.2. The first-order valence-corrected chi connectivity index (χ1v) is 9.38. The number of aryl methyl sites for hydroxylation is 2. The summed E-state index contributed by atoms with van der Waals surface area (Å²) in [5.41, 5.74) is 14.1. The molecule has 0 aliphatic rings. The third kappa shape index (κ3) is 2.87. The Morgan fingerprint density at radius 2 is 1.76 bits per heavy atom. The van der Waals surface area contributed by atoms with E-state index in [0.29, 0.717) is 29.1 Å². The molecular weight excluding hydrogens is 336 g/mol. The van der Waals surface area contributed by atoms with Crippen molar-refractivity contribution in [2.24, 2.45) is 0 Å². The molecule has 0 amide bonds. The second kappa shape index (κ2) is 6.25. The fraction of sp³-hybridized carbons (Fsp3) is 0.167. The number of nitrogens with two attached hydrogens (primary N) is 2. The number of aromatic nitrogens is 2. The molecule has 0 fully saturated rings. The molecule has 1 heterocycles. The largest absolute Gasteiger partial charge is 0.399 e. The summed E-state index contributed by atoms with van der Waals surface area (Å²) in [5, 5.41) is 4.33. The molecule has 0 saturated heterocycles. The normalized spacial score (nSPS) is 11.6. The Hall–Kier alpha value is -2.80. The van der Waals surface area contributed by atoms with Crippen LogP contribution in [0, 0.1) is 6.92 Å². The van der Waals surface area contributed by atoms with Crippen molar-refractivity contribution < 1.29 is 8.42 Å². The molecule has 4 N–H and O–H groups in total. The molecule has 25 heavy (non-hydrogen) atoms. The number of hydrogen-bond donors (Lipinski definition) is 2. The number of benzene rings is 2. The van der Waals surface area contributed by atoms with Crippen molar-refractivity contribution in [2.75, 3.05) is 11.5 Å². The lowest BCUT2D eigenvalue weighted by Crippen LogP contribution is -2.10. The predicted molar refractivity (Wildman–Crippen MR) is 98.4 cm³/mol. The summed E-state index contributed by atoms with van der Waals surface area (Å²) in [6, 6.07) is 14.1. The van der Waals surface area contributed by atoms with Gasteiger partial charge in [-0.25, -0.2) is 13.1 Å². The number of hydrogen-bond acceptors (Lipinski definition) is 5. The lowest BCUT2D eigenvalue weighted by atomic mass is 10.1. The maximum Gasteiger partial charge on any atom is 0.212 e. The Morgan fingerprint density at radius 1 is 1.08 bits per heavy atom. The molecule has 0 aliphatic carbocycles. The van der Waals surface area contributed by atoms with Crippen molar-refractivity contribution in [3.05, 3.63) is 59.8 Å². The van der Waals surface area contributed by atoms with E-state index in [-0.39, 0.29) is 15.6 Å². The standard InChI is InChI=1S/C18H20N4O2S/c1-3-13-9-10-14(19)11-16(13)25(23,24)17-12(2)21-22(18(17)20)15-7-5-4-6-8-15/h4-11H,3,19-20H2,1-2H3. The summed E-state index contributed by atoms with van der Waals surface area (Å²) < 4.78 is 28.0. The smallest absolute Gasteiger partial charge is 0.212 e. The lowest BCUT2D eigenvalue weighted by molar-refractivity contribution is 0.595. The van der Waals surface area contributed by atoms with Gasteiger partial charge in [-0.2, -0.15) is 5.10 Å². The second-order valence-corrected chi connectivity index (χ2v) is 7.63. The average molecular weight is 356 g/mol. The van der Waals surface area contributed by atoms with E-state index in [9.17, 15) is 8.42 Å². The predicted octanol–water partition coefficient (Wildman–Crippen LogP) is 2.74. The molecule has 0 radical (unpaired) electrons. The molecular formula is C18H20N4O2S. The van der Waals surface area contributed by atoms with E-state index in [4.69, 9.17) is 11.5 Å². The van der Waals surface area contributed by atoms with Crippen LogP contribution in [-0.4, -0.2) is 18.2 Å². The zero-order valence-electron chi connectivity index (χ0n) is 14.1. The van der Waals surface area contributed by atoms with Crippen LogP contribution in [0.5, 0.6) is 0 Å². The maximum absolute atomic E-state index is 13.3. The molecule has 0 aliphatic heterocycles. The van der Waals surface area contributed by atoms with E-state index in [1.165, 1.54) is 10.7 Å². The number of anilines is 2. The fourth-order valence-corrected chi connectivity index (χ4v) is 4.71. The molecule has 7 heteroatoms. The van der Waals surface area contributed by atoms with Crippen molar-refractivity contribution in [3.63, 3.8) is 0 Å². The van der Waals surface area contributed by atoms with Crippen molar-refractivity contribution in [1.29, 1.82) is 0 Å². The zero-order valence-corrected chi connectivity index (χ0v) is 14.9. The van der Waals surface area contributed by atoms with Crippen molar-refractivity contribution >= 4 is 21.3 Å². The van der Waals surface area contributed by atoms with Gasteiger partial charge in [-0.15, -0.1) is 0 Å². The Balaban J connectivity index is 2.23. The maximum atomic E-state index is 13.3. The van der Waals surface area contributed by atoms with Gasteiger partial charge in [0, 0.05) is 5.69 Å². The number of nitrogen functional groups attached to an aromatic ring is 2. The van der Waals surface area contributed by atoms with Gasteiger partial charge in [0.05, 0.1) is 16.3 Å². The summed E-state index contributed by atoms with van der Waals surface area (Å²) in [5.74, 6) is 0.0909. The first-order chi connectivity index (χ1) is 11.9. The Morgan fingerprint density at radius 3 is 2.40 bits per heavy atom. The van der Waals surface area contributed by atoms with Crippen LogP contribution >= 0.6 is 0 Å². The van der Waals surface area contributed by atoms with Gasteiger partial charge < -0.3 is 11.5 Å². The summed E-state index contributed by atoms with van der Waals surface area (Å²) >= 11 is 0. The van der Waals surface area contributed by atoms with Crippen molar-refractivity contribution in [1.82, 2.24) is 9.78 Å². The van der Waals surface area contributed by atoms with Gasteiger partial charge in [0.2, 0.25) is 9.84 Å². The molecule has 1 aromatic heterocycles. The number of rotatable bonds is 4. The van der Waals surface area contributed by atoms with Gasteiger partial charge in [0.1, 0.15) is 10.7 Å². The first-order valence-electron chi connectivity index (χ1n) is 7.90. The van der Waals surface area contributed by atoms with Crippen molar-refractivity contribution in [2.45, 2.75) is 30.1 Å². The van der Waals surface area contributed by atoms with Gasteiger partial charge in [0.25, 0.3) is 0 Å². The van der Waals surface area contributed by atoms with E-state index in [2.05, 4.69) is 5.10 Å².